The van der Waals surface area contributed by atoms with Gasteiger partial charge in [0, 0.05) is 5.70 Å². The van der Waals surface area contributed by atoms with Crippen molar-refractivity contribution in [3.63, 3.8) is 0 Å². The summed E-state index contributed by atoms with van der Waals surface area (Å²) in [6, 6.07) is 4.96. The van der Waals surface area contributed by atoms with Crippen molar-refractivity contribution in [2.75, 3.05) is 6.61 Å². The third-order valence-electron chi connectivity index (χ3n) is 3.92. The minimum Gasteiger partial charge on any atom is -0.463 e. The molecule has 148 valence electrons. The Labute approximate surface area is 153 Å². The fourth-order valence-electron chi connectivity index (χ4n) is 2.63. The lowest BCUT2D eigenvalue weighted by molar-refractivity contribution is -0.187. The molecule has 1 unspecified atom stereocenters. The average molecular weight is 406 g/mol. The fourth-order valence-corrected chi connectivity index (χ4v) is 3.96. The van der Waals surface area contributed by atoms with Gasteiger partial charge in [-0.3, -0.25) is 4.79 Å². The number of sulfonamides is 1. The van der Waals surface area contributed by atoms with Gasteiger partial charge in [0.1, 0.15) is 0 Å². The summed E-state index contributed by atoms with van der Waals surface area (Å²) in [6.45, 7) is 3.82. The number of carbonyl (C=O) groups excluding carboxylic acids is 2. The van der Waals surface area contributed by atoms with Crippen molar-refractivity contribution in [1.29, 1.82) is 0 Å². The van der Waals surface area contributed by atoms with Crippen LogP contribution in [-0.4, -0.2) is 38.6 Å². The van der Waals surface area contributed by atoms with E-state index in [0.717, 1.165) is 19.1 Å². The van der Waals surface area contributed by atoms with Crippen LogP contribution in [0.4, 0.5) is 13.2 Å². The maximum atomic E-state index is 14.0. The van der Waals surface area contributed by atoms with Crippen LogP contribution < -0.4 is 10.0 Å². The zero-order chi connectivity index (χ0) is 20.6. The Bertz CT molecular complexity index is 907. The number of rotatable bonds is 5. The monoisotopic (exact) mass is 406 g/mol. The third kappa shape index (κ3) is 3.56. The van der Waals surface area contributed by atoms with E-state index in [0.29, 0.717) is 5.56 Å². The standard InChI is InChI=1S/C16H17F3N2O5S/c1-4-26-13(22)12-10(3)20-14(23)15(12,16(17,18)19)21-27(24,25)11-7-5-9(2)6-8-11/h5-8,21H,4H2,1-3H3,(H,20,23). The number of halogens is 3. The number of benzene rings is 1. The van der Waals surface area contributed by atoms with E-state index in [1.807, 2.05) is 5.32 Å². The van der Waals surface area contributed by atoms with E-state index in [4.69, 9.17) is 0 Å². The molecular formula is C16H17F3N2O5S. The zero-order valence-electron chi connectivity index (χ0n) is 14.6. The predicted octanol–water partition coefficient (Wildman–Crippen LogP) is 1.54. The second kappa shape index (κ2) is 6.97. The van der Waals surface area contributed by atoms with Gasteiger partial charge in [-0.2, -0.15) is 17.9 Å². The van der Waals surface area contributed by atoms with E-state index in [9.17, 15) is 31.2 Å². The normalized spacial score (nSPS) is 20.6. The summed E-state index contributed by atoms with van der Waals surface area (Å²) in [5, 5.41) is 1.88. The van der Waals surface area contributed by atoms with Gasteiger partial charge in [0.25, 0.3) is 5.91 Å². The molecule has 2 rings (SSSR count). The van der Waals surface area contributed by atoms with E-state index >= 15 is 0 Å². The number of carbonyl (C=O) groups is 2. The van der Waals surface area contributed by atoms with Crippen LogP contribution in [0.5, 0.6) is 0 Å². The second-order valence-electron chi connectivity index (χ2n) is 5.84. The highest BCUT2D eigenvalue weighted by molar-refractivity contribution is 7.89. The van der Waals surface area contributed by atoms with Crippen molar-refractivity contribution in [2.45, 2.75) is 37.4 Å². The van der Waals surface area contributed by atoms with Gasteiger partial charge in [-0.15, -0.1) is 0 Å². The zero-order valence-corrected chi connectivity index (χ0v) is 15.4. The predicted molar refractivity (Wildman–Crippen MR) is 87.8 cm³/mol. The highest BCUT2D eigenvalue weighted by Gasteiger charge is 2.69. The van der Waals surface area contributed by atoms with Gasteiger partial charge in [0.15, 0.2) is 0 Å². The van der Waals surface area contributed by atoms with Gasteiger partial charge in [-0.1, -0.05) is 17.7 Å². The second-order valence-corrected chi connectivity index (χ2v) is 7.52. The molecule has 0 aromatic heterocycles. The van der Waals surface area contributed by atoms with E-state index in [1.165, 1.54) is 23.8 Å². The van der Waals surface area contributed by atoms with Crippen LogP contribution in [0.2, 0.25) is 0 Å². The Balaban J connectivity index is 2.65. The van der Waals surface area contributed by atoms with Gasteiger partial charge in [0.05, 0.1) is 17.1 Å². The first-order valence-electron chi connectivity index (χ1n) is 7.74. The summed E-state index contributed by atoms with van der Waals surface area (Å²) < 4.78 is 73.0. The summed E-state index contributed by atoms with van der Waals surface area (Å²) >= 11 is 0. The number of alkyl halides is 3. The van der Waals surface area contributed by atoms with Gasteiger partial charge in [-0.05, 0) is 32.9 Å². The largest absolute Gasteiger partial charge is 0.463 e. The molecule has 0 spiro atoms. The van der Waals surface area contributed by atoms with Crippen molar-refractivity contribution < 1.29 is 35.9 Å². The molecule has 11 heteroatoms. The molecule has 0 radical (unpaired) electrons. The number of amides is 1. The summed E-state index contributed by atoms with van der Waals surface area (Å²) in [6.07, 6.45) is -5.45. The van der Waals surface area contributed by atoms with Crippen LogP contribution in [0.1, 0.15) is 19.4 Å². The lowest BCUT2D eigenvalue weighted by Gasteiger charge is -2.31. The van der Waals surface area contributed by atoms with E-state index in [-0.39, 0.29) is 6.61 Å². The van der Waals surface area contributed by atoms with Crippen LogP contribution in [0.25, 0.3) is 0 Å². The number of aryl methyl sites for hydroxylation is 1. The molecule has 0 aliphatic carbocycles. The lowest BCUT2D eigenvalue weighted by atomic mass is 9.91. The molecule has 1 aliphatic rings. The Morgan fingerprint density at radius 2 is 1.78 bits per heavy atom. The molecule has 0 bridgehead atoms. The van der Waals surface area contributed by atoms with Crippen molar-refractivity contribution in [3.05, 3.63) is 41.1 Å². The third-order valence-corrected chi connectivity index (χ3v) is 5.38. The molecule has 1 heterocycles. The number of esters is 1. The Morgan fingerprint density at radius 1 is 1.22 bits per heavy atom. The quantitative estimate of drug-likeness (QED) is 0.723. The molecule has 27 heavy (non-hydrogen) atoms. The fraction of sp³-hybridized carbons (Fsp3) is 0.375. The van der Waals surface area contributed by atoms with Crippen molar-refractivity contribution in [1.82, 2.24) is 10.0 Å². The molecule has 1 aromatic rings. The Morgan fingerprint density at radius 3 is 2.26 bits per heavy atom. The molecule has 0 saturated carbocycles. The summed E-state index contributed by atoms with van der Waals surface area (Å²) in [5.41, 5.74) is -4.70. The van der Waals surface area contributed by atoms with E-state index < -0.39 is 49.8 Å². The van der Waals surface area contributed by atoms with Crippen LogP contribution in [0.3, 0.4) is 0 Å². The molecular weight excluding hydrogens is 389 g/mol. The molecule has 1 atom stereocenters. The number of allylic oxidation sites excluding steroid dienone is 1. The maximum Gasteiger partial charge on any atom is 0.421 e. The van der Waals surface area contributed by atoms with E-state index in [1.54, 1.807) is 6.92 Å². The first-order chi connectivity index (χ1) is 12.4. The minimum absolute atomic E-state index is 0.261. The van der Waals surface area contributed by atoms with Crippen LogP contribution in [-0.2, 0) is 24.3 Å². The number of hydrogen-bond acceptors (Lipinski definition) is 5. The first kappa shape index (κ1) is 20.9. The van der Waals surface area contributed by atoms with Crippen LogP contribution in [0.15, 0.2) is 40.4 Å². The minimum atomic E-state index is -5.45. The maximum absolute atomic E-state index is 14.0. The van der Waals surface area contributed by atoms with Crippen LogP contribution in [0, 0.1) is 6.92 Å². The SMILES string of the molecule is CCOC(=O)C1=C(C)NC(=O)C1(NS(=O)(=O)c1ccc(C)cc1)C(F)(F)F. The lowest BCUT2D eigenvalue weighted by Crippen LogP contribution is -2.65. The average Bonchev–Trinajstić information content (AvgIpc) is 2.78. The molecule has 1 aromatic carbocycles. The topological polar surface area (TPSA) is 102 Å². The molecule has 0 fully saturated rings. The van der Waals surface area contributed by atoms with Crippen LogP contribution >= 0.6 is 0 Å². The van der Waals surface area contributed by atoms with Gasteiger partial charge < -0.3 is 10.1 Å². The van der Waals surface area contributed by atoms with Crippen molar-refractivity contribution in [3.8, 4) is 0 Å². The molecule has 1 amide bonds. The van der Waals surface area contributed by atoms with Gasteiger partial charge >= 0.3 is 12.1 Å². The smallest absolute Gasteiger partial charge is 0.421 e. The van der Waals surface area contributed by atoms with E-state index in [2.05, 4.69) is 4.74 Å². The molecule has 0 saturated heterocycles. The van der Waals surface area contributed by atoms with Crippen molar-refractivity contribution in [2.24, 2.45) is 0 Å². The number of hydrogen-bond donors (Lipinski definition) is 2. The van der Waals surface area contributed by atoms with Crippen molar-refractivity contribution >= 4 is 21.9 Å². The van der Waals surface area contributed by atoms with Gasteiger partial charge in [-0.25, -0.2) is 13.2 Å². The Kier molecular flexibility index (Phi) is 5.39. The molecule has 2 N–H and O–H groups in total. The molecule has 1 aliphatic heterocycles. The number of nitrogens with one attached hydrogen (secondary N) is 2. The summed E-state index contributed by atoms with van der Waals surface area (Å²) in [4.78, 5) is 23.9. The first-order valence-corrected chi connectivity index (χ1v) is 9.22. The summed E-state index contributed by atoms with van der Waals surface area (Å²) in [7, 11) is -4.81. The summed E-state index contributed by atoms with van der Waals surface area (Å²) in [5.74, 6) is -3.18. The van der Waals surface area contributed by atoms with Gasteiger partial charge in [0.2, 0.25) is 15.6 Å². The molecule has 7 nitrogen and oxygen atoms in total. The Hall–Kier alpha value is -2.40. The number of ether oxygens (including phenoxy) is 1. The highest BCUT2D eigenvalue weighted by atomic mass is 32.2. The highest BCUT2D eigenvalue weighted by Crippen LogP contribution is 2.42.